The lowest BCUT2D eigenvalue weighted by Crippen LogP contribution is -2.42. The number of hydrogen-bond donors (Lipinski definition) is 0. The zero-order valence-electron chi connectivity index (χ0n) is 10.3. The van der Waals surface area contributed by atoms with Crippen LogP contribution in [0, 0.1) is 11.3 Å². The Morgan fingerprint density at radius 1 is 1.35 bits per heavy atom. The van der Waals surface area contributed by atoms with Gasteiger partial charge in [-0.2, -0.15) is 0 Å². The third kappa shape index (κ3) is 1.49. The van der Waals surface area contributed by atoms with Crippen LogP contribution in [0.2, 0.25) is 0 Å². The van der Waals surface area contributed by atoms with Gasteiger partial charge in [0, 0.05) is 5.56 Å². The Hall–Kier alpha value is -1.64. The van der Waals surface area contributed by atoms with Crippen LogP contribution in [-0.4, -0.2) is 18.9 Å². The molecule has 0 radical (unpaired) electrons. The number of rotatable bonds is 2. The van der Waals surface area contributed by atoms with E-state index in [0.29, 0.717) is 12.0 Å². The van der Waals surface area contributed by atoms with Crippen molar-refractivity contribution in [1.82, 2.24) is 0 Å². The van der Waals surface area contributed by atoms with Gasteiger partial charge < -0.3 is 4.74 Å². The fraction of sp³-hybridized carbons (Fsp3) is 0.429. The van der Waals surface area contributed by atoms with E-state index in [9.17, 15) is 9.59 Å². The molecule has 1 aromatic carbocycles. The summed E-state index contributed by atoms with van der Waals surface area (Å²) in [6.45, 7) is 3.78. The summed E-state index contributed by atoms with van der Waals surface area (Å²) >= 11 is 0. The highest BCUT2D eigenvalue weighted by Gasteiger charge is 2.54. The molecule has 0 saturated carbocycles. The molecule has 0 N–H and O–H groups in total. The van der Waals surface area contributed by atoms with Gasteiger partial charge in [-0.05, 0) is 17.9 Å². The second-order valence-corrected chi connectivity index (χ2v) is 4.78. The maximum atomic E-state index is 12.5. The summed E-state index contributed by atoms with van der Waals surface area (Å²) in [5, 5.41) is 0. The molecule has 1 unspecified atom stereocenters. The number of methoxy groups -OCH3 is 1. The maximum absolute atomic E-state index is 12.5. The van der Waals surface area contributed by atoms with E-state index in [1.165, 1.54) is 7.11 Å². The van der Waals surface area contributed by atoms with Crippen molar-refractivity contribution < 1.29 is 14.3 Å². The van der Waals surface area contributed by atoms with Gasteiger partial charge in [0.15, 0.2) is 5.78 Å². The van der Waals surface area contributed by atoms with Gasteiger partial charge in [0.2, 0.25) is 0 Å². The molecule has 0 aromatic heterocycles. The summed E-state index contributed by atoms with van der Waals surface area (Å²) in [7, 11) is 1.34. The molecule has 0 bridgehead atoms. The van der Waals surface area contributed by atoms with Crippen LogP contribution in [0.5, 0.6) is 0 Å². The summed E-state index contributed by atoms with van der Waals surface area (Å²) in [5.74, 6) is -0.599. The van der Waals surface area contributed by atoms with Gasteiger partial charge in [0.05, 0.1) is 7.11 Å². The minimum atomic E-state index is -1.03. The summed E-state index contributed by atoms with van der Waals surface area (Å²) in [6, 6.07) is 7.40. The molecule has 3 heteroatoms. The number of benzene rings is 1. The fourth-order valence-electron chi connectivity index (χ4n) is 2.57. The number of Topliss-reactive ketones (excluding diaryl/α,β-unsaturated/α-hetero) is 1. The van der Waals surface area contributed by atoms with E-state index >= 15 is 0 Å². The normalized spacial score (nSPS) is 22.7. The van der Waals surface area contributed by atoms with Crippen molar-refractivity contribution in [2.75, 3.05) is 7.11 Å². The number of carbonyl (C=O) groups excluding carboxylic acids is 2. The molecule has 1 atom stereocenters. The lowest BCUT2D eigenvalue weighted by Gasteiger charge is -2.28. The Bertz CT molecular complexity index is 476. The number of ketones is 1. The molecule has 90 valence electrons. The van der Waals surface area contributed by atoms with E-state index in [1.807, 2.05) is 32.0 Å². The lowest BCUT2D eigenvalue weighted by atomic mass is 9.74. The molecule has 1 aliphatic rings. The molecular weight excluding hydrogens is 216 g/mol. The second kappa shape index (κ2) is 3.99. The van der Waals surface area contributed by atoms with Crippen LogP contribution in [0.3, 0.4) is 0 Å². The van der Waals surface area contributed by atoms with Crippen molar-refractivity contribution in [3.05, 3.63) is 35.4 Å². The summed E-state index contributed by atoms with van der Waals surface area (Å²) in [6.07, 6.45) is 0.451. The molecular formula is C14H16O3. The molecule has 1 aromatic rings. The third-order valence-electron chi connectivity index (χ3n) is 3.67. The van der Waals surface area contributed by atoms with E-state index in [1.54, 1.807) is 6.07 Å². The minimum Gasteiger partial charge on any atom is -0.468 e. The van der Waals surface area contributed by atoms with Crippen LogP contribution < -0.4 is 0 Å². The summed E-state index contributed by atoms with van der Waals surface area (Å²) in [5.41, 5.74) is 0.571. The second-order valence-electron chi connectivity index (χ2n) is 4.78. The Morgan fingerprint density at radius 3 is 2.53 bits per heavy atom. The van der Waals surface area contributed by atoms with Crippen LogP contribution in [0.25, 0.3) is 0 Å². The minimum absolute atomic E-state index is 0.0742. The molecule has 0 amide bonds. The predicted molar refractivity (Wildman–Crippen MR) is 63.8 cm³/mol. The Morgan fingerprint density at radius 2 is 2.00 bits per heavy atom. The van der Waals surface area contributed by atoms with Gasteiger partial charge in [-0.1, -0.05) is 38.1 Å². The van der Waals surface area contributed by atoms with Gasteiger partial charge in [0.25, 0.3) is 0 Å². The fourth-order valence-corrected chi connectivity index (χ4v) is 2.57. The Labute approximate surface area is 101 Å². The van der Waals surface area contributed by atoms with Crippen molar-refractivity contribution >= 4 is 11.8 Å². The standard InChI is InChI=1S/C14H16O3/c1-9(2)14(13(16)17-3)8-10-6-4-5-7-11(10)12(14)15/h4-7,9H,8H2,1-3H3. The van der Waals surface area contributed by atoms with Crippen LogP contribution in [0.4, 0.5) is 0 Å². The molecule has 2 rings (SSSR count). The van der Waals surface area contributed by atoms with Gasteiger partial charge >= 0.3 is 5.97 Å². The van der Waals surface area contributed by atoms with Crippen molar-refractivity contribution in [2.45, 2.75) is 20.3 Å². The molecule has 17 heavy (non-hydrogen) atoms. The summed E-state index contributed by atoms with van der Waals surface area (Å²) in [4.78, 5) is 24.5. The van der Waals surface area contributed by atoms with Gasteiger partial charge in [0.1, 0.15) is 5.41 Å². The average molecular weight is 232 g/mol. The highest BCUT2D eigenvalue weighted by Crippen LogP contribution is 2.43. The zero-order valence-corrected chi connectivity index (χ0v) is 10.3. The highest BCUT2D eigenvalue weighted by atomic mass is 16.5. The quantitative estimate of drug-likeness (QED) is 0.580. The molecule has 3 nitrogen and oxygen atoms in total. The molecule has 0 heterocycles. The number of esters is 1. The first-order chi connectivity index (χ1) is 8.04. The predicted octanol–water partition coefficient (Wildman–Crippen LogP) is 2.24. The number of fused-ring (bicyclic) bond motifs is 1. The molecule has 0 aliphatic heterocycles. The van der Waals surface area contributed by atoms with E-state index in [2.05, 4.69) is 0 Å². The van der Waals surface area contributed by atoms with E-state index in [0.717, 1.165) is 5.56 Å². The zero-order chi connectivity index (χ0) is 12.6. The van der Waals surface area contributed by atoms with Crippen LogP contribution in [-0.2, 0) is 16.0 Å². The third-order valence-corrected chi connectivity index (χ3v) is 3.67. The Balaban J connectivity index is 2.55. The number of ether oxygens (including phenoxy) is 1. The topological polar surface area (TPSA) is 43.4 Å². The first-order valence-corrected chi connectivity index (χ1v) is 5.75. The van der Waals surface area contributed by atoms with Gasteiger partial charge in [-0.25, -0.2) is 0 Å². The van der Waals surface area contributed by atoms with Gasteiger partial charge in [-0.15, -0.1) is 0 Å². The SMILES string of the molecule is COC(=O)C1(C(C)C)Cc2ccccc2C1=O. The Kier molecular flexibility index (Phi) is 2.77. The van der Waals surface area contributed by atoms with Crippen LogP contribution >= 0.6 is 0 Å². The summed E-state index contributed by atoms with van der Waals surface area (Å²) < 4.78 is 4.84. The van der Waals surface area contributed by atoms with Crippen molar-refractivity contribution in [1.29, 1.82) is 0 Å². The van der Waals surface area contributed by atoms with Crippen molar-refractivity contribution in [2.24, 2.45) is 11.3 Å². The van der Waals surface area contributed by atoms with E-state index in [4.69, 9.17) is 4.74 Å². The first kappa shape index (κ1) is 11.8. The monoisotopic (exact) mass is 232 g/mol. The van der Waals surface area contributed by atoms with Gasteiger partial charge in [-0.3, -0.25) is 9.59 Å². The van der Waals surface area contributed by atoms with Crippen LogP contribution in [0.1, 0.15) is 29.8 Å². The first-order valence-electron chi connectivity index (χ1n) is 5.75. The largest absolute Gasteiger partial charge is 0.468 e. The van der Waals surface area contributed by atoms with Crippen molar-refractivity contribution in [3.63, 3.8) is 0 Å². The molecule has 0 spiro atoms. The number of hydrogen-bond acceptors (Lipinski definition) is 3. The van der Waals surface area contributed by atoms with Crippen LogP contribution in [0.15, 0.2) is 24.3 Å². The van der Waals surface area contributed by atoms with Crippen molar-refractivity contribution in [3.8, 4) is 0 Å². The maximum Gasteiger partial charge on any atom is 0.320 e. The average Bonchev–Trinajstić information content (AvgIpc) is 2.63. The lowest BCUT2D eigenvalue weighted by molar-refractivity contribution is -0.151. The molecule has 1 aliphatic carbocycles. The van der Waals surface area contributed by atoms with E-state index < -0.39 is 11.4 Å². The van der Waals surface area contributed by atoms with E-state index in [-0.39, 0.29) is 11.7 Å². The molecule has 0 saturated heterocycles. The number of carbonyl (C=O) groups is 2. The smallest absolute Gasteiger partial charge is 0.320 e. The highest BCUT2D eigenvalue weighted by molar-refractivity contribution is 6.16. The molecule has 0 fully saturated rings.